The Morgan fingerprint density at radius 2 is 1.89 bits per heavy atom. The first kappa shape index (κ1) is 22.9. The van der Waals surface area contributed by atoms with Gasteiger partial charge in [0.1, 0.15) is 13.2 Å². The fourth-order valence-corrected chi connectivity index (χ4v) is 4.60. The summed E-state index contributed by atoms with van der Waals surface area (Å²) in [5, 5.41) is 0.590. The Labute approximate surface area is 205 Å². The normalized spacial score (nSPS) is 15.3. The van der Waals surface area contributed by atoms with Crippen LogP contribution in [0.4, 0.5) is 11.6 Å². The van der Waals surface area contributed by atoms with E-state index in [1.54, 1.807) is 13.1 Å². The first-order valence-electron chi connectivity index (χ1n) is 11.3. The molecular weight excluding hydrogens is 470 g/mol. The van der Waals surface area contributed by atoms with E-state index in [0.29, 0.717) is 24.1 Å². The lowest BCUT2D eigenvalue weighted by molar-refractivity contribution is -0.145. The van der Waals surface area contributed by atoms with Crippen molar-refractivity contribution in [3.63, 3.8) is 0 Å². The minimum absolute atomic E-state index is 0.0607. The van der Waals surface area contributed by atoms with E-state index in [4.69, 9.17) is 16.3 Å². The van der Waals surface area contributed by atoms with Crippen molar-refractivity contribution in [2.45, 2.75) is 26.6 Å². The zero-order valence-corrected chi connectivity index (χ0v) is 20.1. The summed E-state index contributed by atoms with van der Waals surface area (Å²) in [6, 6.07) is 16.6. The van der Waals surface area contributed by atoms with Gasteiger partial charge in [0.2, 0.25) is 5.95 Å². The highest BCUT2D eigenvalue weighted by Crippen LogP contribution is 2.33. The van der Waals surface area contributed by atoms with Crippen molar-refractivity contribution >= 4 is 40.4 Å². The maximum absolute atomic E-state index is 13.5. The lowest BCUT2D eigenvalue weighted by Crippen LogP contribution is -2.42. The number of hydrogen-bond donors (Lipinski definition) is 0. The van der Waals surface area contributed by atoms with E-state index < -0.39 is 23.8 Å². The third-order valence-corrected chi connectivity index (χ3v) is 6.33. The van der Waals surface area contributed by atoms with Crippen LogP contribution in [0.1, 0.15) is 12.5 Å². The number of imidazole rings is 1. The Bertz CT molecular complexity index is 1540. The van der Waals surface area contributed by atoms with Gasteiger partial charge in [0, 0.05) is 30.8 Å². The van der Waals surface area contributed by atoms with Crippen LogP contribution in [-0.2, 0) is 36.3 Å². The molecule has 4 aromatic rings. The van der Waals surface area contributed by atoms with Gasteiger partial charge < -0.3 is 14.2 Å². The van der Waals surface area contributed by atoms with E-state index in [9.17, 15) is 14.4 Å². The number of nitrogens with zero attached hydrogens (tertiary/aromatic N) is 5. The molecule has 0 amide bonds. The van der Waals surface area contributed by atoms with Crippen LogP contribution in [0.15, 0.2) is 64.2 Å². The van der Waals surface area contributed by atoms with Gasteiger partial charge in [0.25, 0.3) is 5.56 Å². The monoisotopic (exact) mass is 493 g/mol. The number of anilines is 2. The third-order valence-electron chi connectivity index (χ3n) is 6.09. The predicted molar refractivity (Wildman–Crippen MR) is 133 cm³/mol. The van der Waals surface area contributed by atoms with Gasteiger partial charge in [-0.3, -0.25) is 14.2 Å². The summed E-state index contributed by atoms with van der Waals surface area (Å²) in [5.74, 6) is 0.0800. The predicted octanol–water partition coefficient (Wildman–Crippen LogP) is 3.08. The molecule has 0 N–H and O–H groups in total. The summed E-state index contributed by atoms with van der Waals surface area (Å²) in [6.45, 7) is 2.88. The van der Waals surface area contributed by atoms with Gasteiger partial charge in [-0.25, -0.2) is 9.36 Å². The molecule has 0 unspecified atom stereocenters. The van der Waals surface area contributed by atoms with Gasteiger partial charge >= 0.3 is 11.7 Å². The maximum Gasteiger partial charge on any atom is 0.333 e. The molecule has 1 aliphatic heterocycles. The second kappa shape index (κ2) is 9.07. The van der Waals surface area contributed by atoms with Crippen LogP contribution >= 0.6 is 11.6 Å². The van der Waals surface area contributed by atoms with Crippen LogP contribution < -0.4 is 16.1 Å². The second-order valence-corrected chi connectivity index (χ2v) is 9.21. The molecule has 10 heteroatoms. The van der Waals surface area contributed by atoms with Gasteiger partial charge in [-0.1, -0.05) is 54.9 Å². The molecule has 0 saturated carbocycles. The van der Waals surface area contributed by atoms with E-state index >= 15 is 0 Å². The molecule has 0 fully saturated rings. The van der Waals surface area contributed by atoms with E-state index in [1.807, 2.05) is 58.0 Å². The maximum atomic E-state index is 13.5. The topological polar surface area (TPSA) is 91.4 Å². The number of aromatic nitrogens is 4. The van der Waals surface area contributed by atoms with Crippen molar-refractivity contribution in [3.05, 3.63) is 86.0 Å². The van der Waals surface area contributed by atoms with E-state index in [1.165, 1.54) is 4.57 Å². The van der Waals surface area contributed by atoms with Gasteiger partial charge in [0.15, 0.2) is 11.2 Å². The Balaban J connectivity index is 1.55. The fraction of sp³-hybridized carbons (Fsp3) is 0.280. The number of esters is 1. The Morgan fingerprint density at radius 3 is 2.63 bits per heavy atom. The lowest BCUT2D eigenvalue weighted by Gasteiger charge is -2.33. The number of fused-ring (bicyclic) bond motifs is 3. The zero-order valence-electron chi connectivity index (χ0n) is 19.3. The number of carbonyl (C=O) groups is 1. The SMILES string of the molecule is C[C@@H]1CN(c2cccc(Cl)c2)c2nc3c(c(=O)n(CC(=O)OCc4ccccc4)c(=O)n3C)n2C1. The van der Waals surface area contributed by atoms with Crippen LogP contribution in [-0.4, -0.2) is 31.2 Å². The molecule has 180 valence electrons. The number of ether oxygens (including phenoxy) is 1. The minimum Gasteiger partial charge on any atom is -0.459 e. The quantitative estimate of drug-likeness (QED) is 0.397. The van der Waals surface area contributed by atoms with Crippen LogP contribution in [0.2, 0.25) is 5.02 Å². The first-order valence-corrected chi connectivity index (χ1v) is 11.6. The van der Waals surface area contributed by atoms with Crippen molar-refractivity contribution in [1.82, 2.24) is 18.7 Å². The molecule has 3 heterocycles. The zero-order chi connectivity index (χ0) is 24.7. The summed E-state index contributed by atoms with van der Waals surface area (Å²) in [6.07, 6.45) is 0. The molecule has 9 nitrogen and oxygen atoms in total. The van der Waals surface area contributed by atoms with Crippen LogP contribution in [0.25, 0.3) is 11.2 Å². The van der Waals surface area contributed by atoms with Crippen molar-refractivity contribution in [1.29, 1.82) is 0 Å². The Hall–Kier alpha value is -3.85. The van der Waals surface area contributed by atoms with Crippen molar-refractivity contribution in [2.75, 3.05) is 11.4 Å². The highest BCUT2D eigenvalue weighted by molar-refractivity contribution is 6.30. The van der Waals surface area contributed by atoms with Gasteiger partial charge in [-0.15, -0.1) is 0 Å². The highest BCUT2D eigenvalue weighted by Gasteiger charge is 2.30. The molecule has 35 heavy (non-hydrogen) atoms. The molecule has 0 radical (unpaired) electrons. The Morgan fingerprint density at radius 1 is 1.11 bits per heavy atom. The van der Waals surface area contributed by atoms with Gasteiger partial charge in [-0.05, 0) is 29.7 Å². The summed E-state index contributed by atoms with van der Waals surface area (Å²) < 4.78 is 9.33. The third kappa shape index (κ3) is 4.23. The number of benzene rings is 2. The number of carbonyl (C=O) groups excluding carboxylic acids is 1. The summed E-state index contributed by atoms with van der Waals surface area (Å²) in [5.41, 5.74) is 1.00. The van der Waals surface area contributed by atoms with Crippen molar-refractivity contribution in [3.8, 4) is 0 Å². The molecule has 1 atom stereocenters. The minimum atomic E-state index is -0.667. The molecule has 5 rings (SSSR count). The molecule has 2 aromatic heterocycles. The molecular formula is C25H24ClN5O4. The standard InChI is InChI=1S/C25H24ClN5O4/c1-16-12-29(19-10-6-9-18(26)11-19)24-27-22-21(30(24)13-16)23(33)31(25(34)28(22)2)14-20(32)35-15-17-7-4-3-5-8-17/h3-11,16H,12-15H2,1-2H3/t16-/m1/s1. The molecule has 0 aliphatic carbocycles. The number of hydrogen-bond acceptors (Lipinski definition) is 6. The lowest BCUT2D eigenvalue weighted by atomic mass is 10.1. The van der Waals surface area contributed by atoms with Crippen molar-refractivity contribution < 1.29 is 9.53 Å². The van der Waals surface area contributed by atoms with Crippen LogP contribution in [0.5, 0.6) is 0 Å². The highest BCUT2D eigenvalue weighted by atomic mass is 35.5. The van der Waals surface area contributed by atoms with E-state index in [0.717, 1.165) is 15.8 Å². The smallest absolute Gasteiger partial charge is 0.333 e. The number of halogens is 1. The average molecular weight is 494 g/mol. The van der Waals surface area contributed by atoms with Gasteiger partial charge in [0.05, 0.1) is 0 Å². The first-order chi connectivity index (χ1) is 16.8. The summed E-state index contributed by atoms with van der Waals surface area (Å²) >= 11 is 6.22. The average Bonchev–Trinajstić information content (AvgIpc) is 3.23. The van der Waals surface area contributed by atoms with Gasteiger partial charge in [-0.2, -0.15) is 4.98 Å². The summed E-state index contributed by atoms with van der Waals surface area (Å²) in [4.78, 5) is 45.7. The number of aryl methyl sites for hydroxylation is 1. The molecule has 0 spiro atoms. The summed E-state index contributed by atoms with van der Waals surface area (Å²) in [7, 11) is 1.54. The molecule has 0 bridgehead atoms. The van der Waals surface area contributed by atoms with Crippen molar-refractivity contribution in [2.24, 2.45) is 13.0 Å². The number of rotatable bonds is 5. The van der Waals surface area contributed by atoms with E-state index in [-0.39, 0.29) is 23.7 Å². The Kier molecular flexibility index (Phi) is 5.94. The molecule has 1 aliphatic rings. The molecule has 2 aromatic carbocycles. The fourth-order valence-electron chi connectivity index (χ4n) is 4.42. The molecule has 0 saturated heterocycles. The van der Waals surface area contributed by atoms with Crippen LogP contribution in [0, 0.1) is 5.92 Å². The van der Waals surface area contributed by atoms with E-state index in [2.05, 4.69) is 11.9 Å². The largest absolute Gasteiger partial charge is 0.459 e. The second-order valence-electron chi connectivity index (χ2n) is 8.77. The van der Waals surface area contributed by atoms with Crippen LogP contribution in [0.3, 0.4) is 0 Å².